The number of esters is 1. The van der Waals surface area contributed by atoms with Gasteiger partial charge in [-0.3, -0.25) is 19.8 Å². The van der Waals surface area contributed by atoms with E-state index in [0.717, 1.165) is 12.8 Å². The molecule has 0 saturated carbocycles. The summed E-state index contributed by atoms with van der Waals surface area (Å²) in [5.41, 5.74) is 0.0285. The van der Waals surface area contributed by atoms with Crippen molar-refractivity contribution in [2.45, 2.75) is 52.7 Å². The first-order valence-corrected chi connectivity index (χ1v) is 8.72. The monoisotopic (exact) mass is 364 g/mol. The molecular formula is C18H24N2O6. The number of carbonyl (C=O) groups excluding carboxylic acids is 2. The van der Waals surface area contributed by atoms with Gasteiger partial charge >= 0.3 is 5.97 Å². The summed E-state index contributed by atoms with van der Waals surface area (Å²) in [4.78, 5) is 37.1. The molecule has 1 aromatic carbocycles. The minimum Gasteiger partial charge on any atom is -0.478 e. The Morgan fingerprint density at radius 3 is 2.65 bits per heavy atom. The third-order valence-electron chi connectivity index (χ3n) is 4.22. The van der Waals surface area contributed by atoms with Crippen molar-refractivity contribution in [3.8, 4) is 5.75 Å². The molecule has 0 radical (unpaired) electrons. The van der Waals surface area contributed by atoms with E-state index < -0.39 is 28.9 Å². The molecule has 0 spiro atoms. The van der Waals surface area contributed by atoms with Crippen LogP contribution in [-0.4, -0.2) is 35.6 Å². The Bertz CT molecular complexity index is 703. The van der Waals surface area contributed by atoms with Gasteiger partial charge in [-0.1, -0.05) is 27.2 Å². The van der Waals surface area contributed by atoms with Crippen molar-refractivity contribution in [1.29, 1.82) is 0 Å². The Morgan fingerprint density at radius 2 is 2.08 bits per heavy atom. The molecule has 2 rings (SSSR count). The molecule has 142 valence electrons. The average molecular weight is 364 g/mol. The van der Waals surface area contributed by atoms with Gasteiger partial charge in [0.15, 0.2) is 6.10 Å². The molecule has 1 aliphatic rings. The van der Waals surface area contributed by atoms with Gasteiger partial charge in [-0.25, -0.2) is 4.79 Å². The predicted molar refractivity (Wildman–Crippen MR) is 95.2 cm³/mol. The second-order valence-corrected chi connectivity index (χ2v) is 6.60. The fraction of sp³-hybridized carbons (Fsp3) is 0.556. The first-order chi connectivity index (χ1) is 12.3. The zero-order valence-corrected chi connectivity index (χ0v) is 15.4. The number of nitro groups is 1. The van der Waals surface area contributed by atoms with Gasteiger partial charge in [0, 0.05) is 12.1 Å². The highest BCUT2D eigenvalue weighted by Gasteiger charge is 2.41. The Kier molecular flexibility index (Phi) is 6.18. The molecule has 0 saturated heterocycles. The Morgan fingerprint density at radius 1 is 1.38 bits per heavy atom. The molecule has 1 aliphatic heterocycles. The summed E-state index contributed by atoms with van der Waals surface area (Å²) in [7, 11) is 0. The summed E-state index contributed by atoms with van der Waals surface area (Å²) in [6, 6.07) is 3.11. The highest BCUT2D eigenvalue weighted by molar-refractivity contribution is 6.04. The van der Waals surface area contributed by atoms with Crippen LogP contribution < -0.4 is 9.64 Å². The number of benzene rings is 1. The van der Waals surface area contributed by atoms with Crippen LogP contribution in [0.3, 0.4) is 0 Å². The van der Waals surface area contributed by atoms with Crippen molar-refractivity contribution in [3.63, 3.8) is 0 Å². The van der Waals surface area contributed by atoms with Crippen molar-refractivity contribution in [2.24, 2.45) is 5.92 Å². The van der Waals surface area contributed by atoms with E-state index in [0.29, 0.717) is 5.75 Å². The van der Waals surface area contributed by atoms with E-state index >= 15 is 0 Å². The summed E-state index contributed by atoms with van der Waals surface area (Å²) in [5, 5.41) is 11.1. The summed E-state index contributed by atoms with van der Waals surface area (Å²) in [6.45, 7) is 7.47. The number of nitro benzene ring substituents is 1. The Hall–Kier alpha value is -2.64. The molecular weight excluding hydrogens is 340 g/mol. The van der Waals surface area contributed by atoms with Gasteiger partial charge in [0.25, 0.3) is 11.6 Å². The van der Waals surface area contributed by atoms with Gasteiger partial charge < -0.3 is 9.47 Å². The zero-order chi connectivity index (χ0) is 19.4. The number of ether oxygens (including phenoxy) is 2. The molecule has 0 aliphatic carbocycles. The average Bonchev–Trinajstić information content (AvgIpc) is 2.60. The second-order valence-electron chi connectivity index (χ2n) is 6.60. The number of hydrogen-bond acceptors (Lipinski definition) is 6. The standard InChI is InChI=1S/C18H24N2O6/c1-5-6-9-25-18(22)12(4)19-14-10-13(20(23)24)7-8-15(14)26-16(11(2)3)17(19)21/h7-8,10-12,16H,5-6,9H2,1-4H3. The van der Waals surface area contributed by atoms with E-state index in [1.54, 1.807) is 6.92 Å². The highest BCUT2D eigenvalue weighted by Crippen LogP contribution is 2.39. The van der Waals surface area contributed by atoms with E-state index in [1.165, 1.54) is 23.1 Å². The van der Waals surface area contributed by atoms with Crippen molar-refractivity contribution >= 4 is 23.3 Å². The molecule has 0 aromatic heterocycles. The van der Waals surface area contributed by atoms with Crippen molar-refractivity contribution in [3.05, 3.63) is 28.3 Å². The van der Waals surface area contributed by atoms with E-state index in [9.17, 15) is 19.7 Å². The van der Waals surface area contributed by atoms with Gasteiger partial charge in [0.2, 0.25) is 0 Å². The molecule has 2 unspecified atom stereocenters. The number of hydrogen-bond donors (Lipinski definition) is 0. The maximum Gasteiger partial charge on any atom is 0.328 e. The van der Waals surface area contributed by atoms with Crippen molar-refractivity contribution in [1.82, 2.24) is 0 Å². The molecule has 1 aromatic rings. The third-order valence-corrected chi connectivity index (χ3v) is 4.22. The van der Waals surface area contributed by atoms with Crippen LogP contribution in [-0.2, 0) is 14.3 Å². The van der Waals surface area contributed by atoms with Crippen LogP contribution >= 0.6 is 0 Å². The maximum atomic E-state index is 12.9. The lowest BCUT2D eigenvalue weighted by molar-refractivity contribution is -0.384. The fourth-order valence-corrected chi connectivity index (χ4v) is 2.71. The quantitative estimate of drug-likeness (QED) is 0.319. The summed E-state index contributed by atoms with van der Waals surface area (Å²) < 4.78 is 11.0. The predicted octanol–water partition coefficient (Wildman–Crippen LogP) is 3.08. The van der Waals surface area contributed by atoms with Gasteiger partial charge in [-0.05, 0) is 25.3 Å². The van der Waals surface area contributed by atoms with E-state index in [2.05, 4.69) is 0 Å². The normalized spacial score (nSPS) is 17.5. The third kappa shape index (κ3) is 3.95. The molecule has 0 bridgehead atoms. The SMILES string of the molecule is CCCCOC(=O)C(C)N1C(=O)C(C(C)C)Oc2ccc([N+](=O)[O-])cc21. The highest BCUT2D eigenvalue weighted by atomic mass is 16.6. The molecule has 1 amide bonds. The number of non-ortho nitro benzene ring substituents is 1. The van der Waals surface area contributed by atoms with Crippen LogP contribution in [0.1, 0.15) is 40.5 Å². The number of rotatable bonds is 7. The van der Waals surface area contributed by atoms with Gasteiger partial charge in [0.05, 0.1) is 17.2 Å². The number of amides is 1. The van der Waals surface area contributed by atoms with Crippen LogP contribution in [0.15, 0.2) is 18.2 Å². The lowest BCUT2D eigenvalue weighted by atomic mass is 10.0. The van der Waals surface area contributed by atoms with Gasteiger partial charge in [0.1, 0.15) is 11.8 Å². The topological polar surface area (TPSA) is 99.0 Å². The number of nitrogens with zero attached hydrogens (tertiary/aromatic N) is 2. The lowest BCUT2D eigenvalue weighted by Crippen LogP contribution is -2.54. The second kappa shape index (κ2) is 8.16. The van der Waals surface area contributed by atoms with Gasteiger partial charge in [-0.15, -0.1) is 0 Å². The number of fused-ring (bicyclic) bond motifs is 1. The van der Waals surface area contributed by atoms with Crippen LogP contribution in [0.25, 0.3) is 0 Å². The summed E-state index contributed by atoms with van der Waals surface area (Å²) in [5.74, 6) is -0.750. The molecule has 1 heterocycles. The first kappa shape index (κ1) is 19.7. The smallest absolute Gasteiger partial charge is 0.328 e. The summed E-state index contributed by atoms with van der Waals surface area (Å²) >= 11 is 0. The van der Waals surface area contributed by atoms with Crippen LogP contribution in [0.2, 0.25) is 0 Å². The fourth-order valence-electron chi connectivity index (χ4n) is 2.71. The van der Waals surface area contributed by atoms with E-state index in [-0.39, 0.29) is 23.9 Å². The largest absolute Gasteiger partial charge is 0.478 e. The number of carbonyl (C=O) groups is 2. The maximum absolute atomic E-state index is 12.9. The Labute approximate surface area is 152 Å². The zero-order valence-electron chi connectivity index (χ0n) is 15.4. The van der Waals surface area contributed by atoms with Crippen molar-refractivity contribution < 1.29 is 24.0 Å². The molecule has 8 nitrogen and oxygen atoms in total. The minimum atomic E-state index is -0.912. The Balaban J connectivity index is 2.41. The van der Waals surface area contributed by atoms with Crippen LogP contribution in [0.5, 0.6) is 5.75 Å². The van der Waals surface area contributed by atoms with Crippen LogP contribution in [0, 0.1) is 16.0 Å². The molecule has 0 fully saturated rings. The van der Waals surface area contributed by atoms with E-state index in [4.69, 9.17) is 9.47 Å². The molecule has 0 N–H and O–H groups in total. The summed E-state index contributed by atoms with van der Waals surface area (Å²) in [6.07, 6.45) is 0.837. The first-order valence-electron chi connectivity index (χ1n) is 8.72. The van der Waals surface area contributed by atoms with Gasteiger partial charge in [-0.2, -0.15) is 0 Å². The minimum absolute atomic E-state index is 0.128. The number of anilines is 1. The molecule has 2 atom stereocenters. The van der Waals surface area contributed by atoms with Crippen LogP contribution in [0.4, 0.5) is 11.4 Å². The molecule has 8 heteroatoms. The van der Waals surface area contributed by atoms with E-state index in [1.807, 2.05) is 20.8 Å². The molecule has 26 heavy (non-hydrogen) atoms. The number of unbranched alkanes of at least 4 members (excludes halogenated alkanes) is 1. The lowest BCUT2D eigenvalue weighted by Gasteiger charge is -2.38. The van der Waals surface area contributed by atoms with Crippen molar-refractivity contribution in [2.75, 3.05) is 11.5 Å².